The molecule has 1 unspecified atom stereocenters. The van der Waals surface area contributed by atoms with E-state index in [1.807, 2.05) is 0 Å². The van der Waals surface area contributed by atoms with Crippen molar-refractivity contribution in [1.82, 2.24) is 0 Å². The van der Waals surface area contributed by atoms with Gasteiger partial charge in [0.05, 0.1) is 0 Å². The van der Waals surface area contributed by atoms with Crippen LogP contribution >= 0.6 is 0 Å². The van der Waals surface area contributed by atoms with Crippen molar-refractivity contribution in [3.8, 4) is 12.3 Å². The summed E-state index contributed by atoms with van der Waals surface area (Å²) in [5, 5.41) is 0. The Kier molecular flexibility index (Phi) is 2.84. The van der Waals surface area contributed by atoms with Crippen molar-refractivity contribution in [3.05, 3.63) is 0 Å². The molecule has 0 heterocycles. The molecular formula is C3HO4S-. The fraction of sp³-hybridized carbons (Fsp3) is 0. The maximum atomic E-state index is 9.77. The van der Waals surface area contributed by atoms with Crippen LogP contribution in [0.25, 0.3) is 0 Å². The minimum atomic E-state index is -2.84. The molecule has 0 fully saturated rings. The standard InChI is InChI=1S/C3H2O4S/c1-2-3(4)7-8(5)6/h1H,(H,5,6)/p-1. The highest BCUT2D eigenvalue weighted by Gasteiger charge is 1.92. The van der Waals surface area contributed by atoms with Crippen LogP contribution in [0.1, 0.15) is 0 Å². The molecule has 0 aromatic carbocycles. The summed E-state index contributed by atoms with van der Waals surface area (Å²) < 4.78 is 22.3. The van der Waals surface area contributed by atoms with Gasteiger partial charge in [-0.3, -0.25) is 0 Å². The molecule has 0 spiro atoms. The van der Waals surface area contributed by atoms with Crippen molar-refractivity contribution in [3.63, 3.8) is 0 Å². The second-order valence-electron chi connectivity index (χ2n) is 0.719. The number of carbonyl (C=O) groups excluding carboxylic acids is 1. The topological polar surface area (TPSA) is 66.4 Å². The van der Waals surface area contributed by atoms with Crippen LogP contribution in [-0.2, 0) is 20.3 Å². The van der Waals surface area contributed by atoms with Gasteiger partial charge in [0.25, 0.3) is 0 Å². The lowest BCUT2D eigenvalue weighted by atomic mass is 10.7. The minimum absolute atomic E-state index is 1.21. The second-order valence-corrected chi connectivity index (χ2v) is 1.29. The van der Waals surface area contributed by atoms with Gasteiger partial charge in [0.15, 0.2) is 0 Å². The minimum Gasteiger partial charge on any atom is -0.740 e. The highest BCUT2D eigenvalue weighted by Crippen LogP contribution is 1.76. The third-order valence-corrected chi connectivity index (χ3v) is 0.549. The summed E-state index contributed by atoms with van der Waals surface area (Å²) >= 11 is -2.84. The molecule has 4 nitrogen and oxygen atoms in total. The third kappa shape index (κ3) is 3.33. The first-order valence-corrected chi connectivity index (χ1v) is 2.45. The molecule has 8 heavy (non-hydrogen) atoms. The molecule has 0 bridgehead atoms. The number of rotatable bonds is 1. The molecule has 0 aromatic rings. The lowest BCUT2D eigenvalue weighted by molar-refractivity contribution is -0.127. The smallest absolute Gasteiger partial charge is 0.397 e. The van der Waals surface area contributed by atoms with Gasteiger partial charge in [0.2, 0.25) is 0 Å². The van der Waals surface area contributed by atoms with Crippen LogP contribution in [0.15, 0.2) is 0 Å². The molecular weight excluding hydrogens is 132 g/mol. The molecule has 0 amide bonds. The van der Waals surface area contributed by atoms with Gasteiger partial charge < -0.3 is 8.74 Å². The van der Waals surface area contributed by atoms with Gasteiger partial charge in [-0.15, -0.1) is 6.42 Å². The Hall–Kier alpha value is -0.860. The zero-order valence-corrected chi connectivity index (χ0v) is 4.44. The monoisotopic (exact) mass is 133 g/mol. The number of hydrogen-bond acceptors (Lipinski definition) is 4. The van der Waals surface area contributed by atoms with Crippen LogP contribution in [0.2, 0.25) is 0 Å². The van der Waals surface area contributed by atoms with Crippen LogP contribution < -0.4 is 0 Å². The van der Waals surface area contributed by atoms with Crippen molar-refractivity contribution >= 4 is 17.3 Å². The summed E-state index contributed by atoms with van der Waals surface area (Å²) in [6.07, 6.45) is 4.42. The SMILES string of the molecule is C#CC(=O)OS(=O)[O-]. The van der Waals surface area contributed by atoms with Gasteiger partial charge in [-0.25, -0.2) is 9.00 Å². The van der Waals surface area contributed by atoms with E-state index < -0.39 is 17.3 Å². The Morgan fingerprint density at radius 1 is 1.88 bits per heavy atom. The highest BCUT2D eigenvalue weighted by atomic mass is 32.2. The zero-order chi connectivity index (χ0) is 6.57. The Bertz CT molecular complexity index is 155. The summed E-state index contributed by atoms with van der Waals surface area (Å²) in [4.78, 5) is 9.77. The fourth-order valence-electron chi connectivity index (χ4n) is 0.0859. The van der Waals surface area contributed by atoms with E-state index in [-0.39, 0.29) is 0 Å². The second kappa shape index (κ2) is 3.18. The van der Waals surface area contributed by atoms with E-state index in [9.17, 15) is 13.6 Å². The van der Waals surface area contributed by atoms with Crippen LogP contribution in [0, 0.1) is 12.3 Å². The lowest BCUT2D eigenvalue weighted by Crippen LogP contribution is -2.02. The van der Waals surface area contributed by atoms with Gasteiger partial charge in [-0.1, -0.05) is 0 Å². The Morgan fingerprint density at radius 3 is 2.50 bits per heavy atom. The van der Waals surface area contributed by atoms with E-state index in [4.69, 9.17) is 0 Å². The first kappa shape index (κ1) is 7.14. The van der Waals surface area contributed by atoms with Crippen molar-refractivity contribution in [2.24, 2.45) is 0 Å². The maximum absolute atomic E-state index is 9.77. The number of terminal acetylenes is 1. The molecule has 0 radical (unpaired) electrons. The largest absolute Gasteiger partial charge is 0.740 e. The van der Waals surface area contributed by atoms with Crippen LogP contribution in [0.5, 0.6) is 0 Å². The quantitative estimate of drug-likeness (QED) is 0.338. The van der Waals surface area contributed by atoms with Gasteiger partial charge in [0.1, 0.15) is 11.4 Å². The average Bonchev–Trinajstić information content (AvgIpc) is 1.65. The van der Waals surface area contributed by atoms with Gasteiger partial charge in [-0.2, -0.15) is 0 Å². The summed E-state index contributed by atoms with van der Waals surface area (Å²) in [6, 6.07) is 0. The Morgan fingerprint density at radius 2 is 2.38 bits per heavy atom. The number of carbonyl (C=O) groups is 1. The Balaban J connectivity index is 3.61. The molecule has 0 aromatic heterocycles. The van der Waals surface area contributed by atoms with E-state index >= 15 is 0 Å². The summed E-state index contributed by atoms with van der Waals surface area (Å²) in [6.45, 7) is 0. The van der Waals surface area contributed by atoms with Crippen LogP contribution in [-0.4, -0.2) is 14.7 Å². The summed E-state index contributed by atoms with van der Waals surface area (Å²) in [5.41, 5.74) is 0. The van der Waals surface area contributed by atoms with Crippen LogP contribution in [0.3, 0.4) is 0 Å². The summed E-state index contributed by atoms with van der Waals surface area (Å²) in [5.74, 6) is 0.232. The van der Waals surface area contributed by atoms with E-state index in [0.717, 1.165) is 0 Å². The Labute approximate surface area is 48.3 Å². The van der Waals surface area contributed by atoms with Crippen molar-refractivity contribution in [2.45, 2.75) is 0 Å². The molecule has 0 rings (SSSR count). The molecule has 0 aliphatic heterocycles. The molecule has 0 aliphatic rings. The average molecular weight is 133 g/mol. The first-order chi connectivity index (χ1) is 3.66. The predicted octanol–water partition coefficient (Wildman–Crippen LogP) is -1.04. The molecule has 44 valence electrons. The van der Waals surface area contributed by atoms with Gasteiger partial charge >= 0.3 is 5.97 Å². The van der Waals surface area contributed by atoms with Gasteiger partial charge in [-0.05, 0) is 0 Å². The first-order valence-electron chi connectivity index (χ1n) is 1.45. The van der Waals surface area contributed by atoms with Crippen molar-refractivity contribution in [2.75, 3.05) is 0 Å². The molecule has 5 heteroatoms. The van der Waals surface area contributed by atoms with Crippen molar-refractivity contribution in [1.29, 1.82) is 0 Å². The normalized spacial score (nSPS) is 11.5. The maximum Gasteiger partial charge on any atom is 0.397 e. The van der Waals surface area contributed by atoms with E-state index in [2.05, 4.69) is 10.6 Å². The molecule has 0 N–H and O–H groups in total. The van der Waals surface area contributed by atoms with E-state index in [1.165, 1.54) is 5.92 Å². The molecule has 0 aliphatic carbocycles. The molecule has 0 saturated carbocycles. The fourth-order valence-corrected chi connectivity index (χ4v) is 0.258. The highest BCUT2D eigenvalue weighted by molar-refractivity contribution is 7.74. The summed E-state index contributed by atoms with van der Waals surface area (Å²) in [7, 11) is 0. The van der Waals surface area contributed by atoms with Gasteiger partial charge in [0, 0.05) is 5.92 Å². The third-order valence-electron chi connectivity index (χ3n) is 0.262. The lowest BCUT2D eigenvalue weighted by Gasteiger charge is -1.98. The van der Waals surface area contributed by atoms with Crippen molar-refractivity contribution < 1.29 is 17.7 Å². The zero-order valence-electron chi connectivity index (χ0n) is 3.62. The van der Waals surface area contributed by atoms with Crippen LogP contribution in [0.4, 0.5) is 0 Å². The predicted molar refractivity (Wildman–Crippen MR) is 23.8 cm³/mol. The number of hydrogen-bond donors (Lipinski definition) is 0. The molecule has 1 atom stereocenters. The van der Waals surface area contributed by atoms with E-state index in [1.54, 1.807) is 0 Å². The van der Waals surface area contributed by atoms with E-state index in [0.29, 0.717) is 0 Å². The molecule has 0 saturated heterocycles.